The Kier molecular flexibility index (Phi) is 7.84. The van der Waals surface area contributed by atoms with Gasteiger partial charge in [0.15, 0.2) is 0 Å². The lowest BCUT2D eigenvalue weighted by molar-refractivity contribution is -0.159. The second-order valence-corrected chi connectivity index (χ2v) is 5.51. The van der Waals surface area contributed by atoms with Crippen molar-refractivity contribution in [1.82, 2.24) is 0 Å². The van der Waals surface area contributed by atoms with Crippen LogP contribution in [0.25, 0.3) is 0 Å². The fourth-order valence-electron chi connectivity index (χ4n) is 2.24. The quantitative estimate of drug-likeness (QED) is 0.495. The number of esters is 1. The largest absolute Gasteiger partial charge is 0.481 e. The number of aliphatic carboxylic acids is 1. The summed E-state index contributed by atoms with van der Waals surface area (Å²) in [5.74, 6) is -3.06. The number of hydrogen-bond donors (Lipinski definition) is 2. The lowest BCUT2D eigenvalue weighted by Gasteiger charge is -2.24. The maximum absolute atomic E-state index is 12.1. The maximum Gasteiger partial charge on any atom is 0.313 e. The summed E-state index contributed by atoms with van der Waals surface area (Å²) in [7, 11) is 0. The number of allylic oxidation sites excluding steroid dienone is 1. The SMILES string of the molecule is C=C(C)COC(CCO)COC(=O)C1C=CCCC1C(=O)O. The van der Waals surface area contributed by atoms with Gasteiger partial charge in [-0.2, -0.15) is 0 Å². The van der Waals surface area contributed by atoms with Crippen LogP contribution in [0.15, 0.2) is 24.3 Å². The first-order chi connectivity index (χ1) is 10.5. The van der Waals surface area contributed by atoms with E-state index in [1.807, 2.05) is 6.92 Å². The molecule has 6 heteroatoms. The third-order valence-corrected chi connectivity index (χ3v) is 3.44. The van der Waals surface area contributed by atoms with Gasteiger partial charge in [0.2, 0.25) is 0 Å². The topological polar surface area (TPSA) is 93.1 Å². The molecule has 0 aliphatic heterocycles. The van der Waals surface area contributed by atoms with Gasteiger partial charge in [0.05, 0.1) is 24.5 Å². The van der Waals surface area contributed by atoms with Crippen LogP contribution in [0.2, 0.25) is 0 Å². The Morgan fingerprint density at radius 2 is 2.18 bits per heavy atom. The molecule has 0 saturated heterocycles. The van der Waals surface area contributed by atoms with Crippen molar-refractivity contribution in [3.05, 3.63) is 24.3 Å². The molecular formula is C16H24O6. The molecule has 124 valence electrons. The molecule has 3 unspecified atom stereocenters. The van der Waals surface area contributed by atoms with Gasteiger partial charge in [0.25, 0.3) is 0 Å². The first-order valence-electron chi connectivity index (χ1n) is 7.38. The summed E-state index contributed by atoms with van der Waals surface area (Å²) in [5.41, 5.74) is 0.829. The number of carboxylic acid groups (broad SMARTS) is 1. The number of carboxylic acids is 1. The monoisotopic (exact) mass is 312 g/mol. The van der Waals surface area contributed by atoms with E-state index in [0.717, 1.165) is 5.57 Å². The standard InChI is InChI=1S/C16H24O6/c1-11(2)9-21-12(7-8-17)10-22-16(20)14-6-4-3-5-13(14)15(18)19/h4,6,12-14,17H,1,3,5,7-10H2,2H3,(H,18,19). The van der Waals surface area contributed by atoms with Crippen LogP contribution in [0.1, 0.15) is 26.2 Å². The van der Waals surface area contributed by atoms with E-state index in [1.165, 1.54) is 0 Å². The van der Waals surface area contributed by atoms with E-state index < -0.39 is 29.9 Å². The second kappa shape index (κ2) is 9.38. The maximum atomic E-state index is 12.1. The van der Waals surface area contributed by atoms with E-state index in [2.05, 4.69) is 6.58 Å². The van der Waals surface area contributed by atoms with Crippen LogP contribution in [-0.2, 0) is 19.1 Å². The molecule has 2 N–H and O–H groups in total. The number of carbonyl (C=O) groups is 2. The summed E-state index contributed by atoms with van der Waals surface area (Å²) in [6, 6.07) is 0. The van der Waals surface area contributed by atoms with Crippen molar-refractivity contribution in [2.45, 2.75) is 32.3 Å². The van der Waals surface area contributed by atoms with Gasteiger partial charge in [-0.05, 0) is 19.8 Å². The molecule has 0 aromatic heterocycles. The predicted molar refractivity (Wildman–Crippen MR) is 80.2 cm³/mol. The van der Waals surface area contributed by atoms with Crippen molar-refractivity contribution in [1.29, 1.82) is 0 Å². The lowest BCUT2D eigenvalue weighted by atomic mass is 9.84. The van der Waals surface area contributed by atoms with E-state index in [9.17, 15) is 9.59 Å². The summed E-state index contributed by atoms with van der Waals surface area (Å²) in [5, 5.41) is 18.2. The van der Waals surface area contributed by atoms with E-state index in [1.54, 1.807) is 12.2 Å². The van der Waals surface area contributed by atoms with Gasteiger partial charge in [0, 0.05) is 13.0 Å². The molecule has 22 heavy (non-hydrogen) atoms. The number of ether oxygens (including phenoxy) is 2. The van der Waals surface area contributed by atoms with Crippen LogP contribution in [0, 0.1) is 11.8 Å². The molecule has 6 nitrogen and oxygen atoms in total. The van der Waals surface area contributed by atoms with Gasteiger partial charge in [-0.15, -0.1) is 0 Å². The van der Waals surface area contributed by atoms with Crippen molar-refractivity contribution in [2.75, 3.05) is 19.8 Å². The summed E-state index contributed by atoms with van der Waals surface area (Å²) < 4.78 is 10.7. The highest BCUT2D eigenvalue weighted by Gasteiger charge is 2.34. The molecule has 1 rings (SSSR count). The third kappa shape index (κ3) is 5.99. The van der Waals surface area contributed by atoms with Gasteiger partial charge in [-0.3, -0.25) is 9.59 Å². The fraction of sp³-hybridized carbons (Fsp3) is 0.625. The number of aliphatic hydroxyl groups is 1. The zero-order valence-electron chi connectivity index (χ0n) is 12.9. The van der Waals surface area contributed by atoms with Crippen LogP contribution in [0.3, 0.4) is 0 Å². The Labute approximate surface area is 130 Å². The highest BCUT2D eigenvalue weighted by molar-refractivity contribution is 5.83. The Balaban J connectivity index is 2.54. The summed E-state index contributed by atoms with van der Waals surface area (Å²) >= 11 is 0. The predicted octanol–water partition coefficient (Wildman–Crippen LogP) is 1.54. The Morgan fingerprint density at radius 1 is 1.45 bits per heavy atom. The van der Waals surface area contributed by atoms with E-state index in [4.69, 9.17) is 19.7 Å². The van der Waals surface area contributed by atoms with Gasteiger partial charge in [0.1, 0.15) is 6.61 Å². The molecule has 1 aliphatic rings. The van der Waals surface area contributed by atoms with E-state index >= 15 is 0 Å². The van der Waals surface area contributed by atoms with Crippen molar-refractivity contribution in [3.8, 4) is 0 Å². The summed E-state index contributed by atoms with van der Waals surface area (Å²) in [6.45, 7) is 5.76. The minimum Gasteiger partial charge on any atom is -0.481 e. The first kappa shape index (κ1) is 18.4. The van der Waals surface area contributed by atoms with Crippen molar-refractivity contribution >= 4 is 11.9 Å². The van der Waals surface area contributed by atoms with Crippen LogP contribution in [-0.4, -0.2) is 48.1 Å². The number of hydrogen-bond acceptors (Lipinski definition) is 5. The molecular weight excluding hydrogens is 288 g/mol. The molecule has 0 aromatic carbocycles. The highest BCUT2D eigenvalue weighted by atomic mass is 16.6. The molecule has 0 radical (unpaired) electrons. The second-order valence-electron chi connectivity index (χ2n) is 5.51. The Hall–Kier alpha value is -1.66. The smallest absolute Gasteiger partial charge is 0.313 e. The minimum atomic E-state index is -0.989. The highest BCUT2D eigenvalue weighted by Crippen LogP contribution is 2.26. The number of rotatable bonds is 9. The Morgan fingerprint density at radius 3 is 2.77 bits per heavy atom. The fourth-order valence-corrected chi connectivity index (χ4v) is 2.24. The Bertz CT molecular complexity index is 428. The number of aliphatic hydroxyl groups excluding tert-OH is 1. The molecule has 3 atom stereocenters. The van der Waals surface area contributed by atoms with Gasteiger partial charge in [-0.25, -0.2) is 0 Å². The molecule has 1 aliphatic carbocycles. The van der Waals surface area contributed by atoms with Crippen LogP contribution in [0.5, 0.6) is 0 Å². The summed E-state index contributed by atoms with van der Waals surface area (Å²) in [4.78, 5) is 23.3. The zero-order valence-corrected chi connectivity index (χ0v) is 12.9. The average Bonchev–Trinajstić information content (AvgIpc) is 2.49. The van der Waals surface area contributed by atoms with E-state index in [0.29, 0.717) is 25.9 Å². The molecule has 0 fully saturated rings. The van der Waals surface area contributed by atoms with Gasteiger partial charge < -0.3 is 19.7 Å². The zero-order chi connectivity index (χ0) is 16.5. The number of carbonyl (C=O) groups excluding carboxylic acids is 1. The summed E-state index contributed by atoms with van der Waals surface area (Å²) in [6.07, 6.45) is 4.38. The first-order valence-corrected chi connectivity index (χ1v) is 7.38. The molecule has 0 bridgehead atoms. The molecule has 0 saturated carbocycles. The van der Waals surface area contributed by atoms with Crippen molar-refractivity contribution in [3.63, 3.8) is 0 Å². The normalized spacial score (nSPS) is 22.1. The van der Waals surface area contributed by atoms with Crippen molar-refractivity contribution in [2.24, 2.45) is 11.8 Å². The van der Waals surface area contributed by atoms with E-state index in [-0.39, 0.29) is 13.2 Å². The third-order valence-electron chi connectivity index (χ3n) is 3.44. The van der Waals surface area contributed by atoms with Crippen LogP contribution < -0.4 is 0 Å². The minimum absolute atomic E-state index is 0.0106. The molecule has 0 amide bonds. The van der Waals surface area contributed by atoms with Crippen LogP contribution >= 0.6 is 0 Å². The van der Waals surface area contributed by atoms with Gasteiger partial charge >= 0.3 is 11.9 Å². The molecule has 0 spiro atoms. The lowest BCUT2D eigenvalue weighted by Crippen LogP contribution is -2.33. The molecule has 0 heterocycles. The van der Waals surface area contributed by atoms with Gasteiger partial charge in [-0.1, -0.05) is 24.3 Å². The van der Waals surface area contributed by atoms with Crippen molar-refractivity contribution < 1.29 is 29.3 Å². The average molecular weight is 312 g/mol. The molecule has 0 aromatic rings. The van der Waals surface area contributed by atoms with Crippen LogP contribution in [0.4, 0.5) is 0 Å².